The Balaban J connectivity index is 2.68. The van der Waals surface area contributed by atoms with Gasteiger partial charge in [0.15, 0.2) is 0 Å². The van der Waals surface area contributed by atoms with Gasteiger partial charge in [-0.3, -0.25) is 0 Å². The second-order valence-electron chi connectivity index (χ2n) is 3.05. The fourth-order valence-corrected chi connectivity index (χ4v) is 1.27. The van der Waals surface area contributed by atoms with Crippen molar-refractivity contribution in [2.75, 3.05) is 5.88 Å². The molecular weight excluding hydrogens is 204 g/mol. The number of hydrogen-bond acceptors (Lipinski definition) is 4. The van der Waals surface area contributed by atoms with E-state index in [-0.39, 0.29) is 0 Å². The molecule has 0 amide bonds. The number of nitrogens with zero attached hydrogens (tertiary/aromatic N) is 2. The maximum absolute atomic E-state index is 9.62. The predicted molar refractivity (Wildman–Crippen MR) is 53.1 cm³/mol. The molecule has 1 heterocycles. The maximum Gasteiger partial charge on any atom is 0.125 e. The van der Waals surface area contributed by atoms with Crippen LogP contribution in [0.5, 0.6) is 0 Å². The zero-order valence-electron chi connectivity index (χ0n) is 7.89. The summed E-state index contributed by atoms with van der Waals surface area (Å²) in [4.78, 5) is 7.86. The van der Waals surface area contributed by atoms with E-state index in [2.05, 4.69) is 9.97 Å². The van der Waals surface area contributed by atoms with Crippen LogP contribution in [0.25, 0.3) is 0 Å². The summed E-state index contributed by atoms with van der Waals surface area (Å²) in [6, 6.07) is 0. The fourth-order valence-electron chi connectivity index (χ4n) is 1.05. The molecule has 1 rings (SSSR count). The highest BCUT2D eigenvalue weighted by Crippen LogP contribution is 2.17. The molecule has 0 aliphatic carbocycles. The number of aliphatic hydroxyl groups excluding tert-OH is 2. The van der Waals surface area contributed by atoms with Crippen molar-refractivity contribution in [1.29, 1.82) is 0 Å². The van der Waals surface area contributed by atoms with Crippen LogP contribution in [0.3, 0.4) is 0 Å². The molecule has 0 aliphatic rings. The van der Waals surface area contributed by atoms with Gasteiger partial charge >= 0.3 is 0 Å². The van der Waals surface area contributed by atoms with Gasteiger partial charge in [0.1, 0.15) is 11.9 Å². The minimum atomic E-state index is -0.964. The van der Waals surface area contributed by atoms with Crippen LogP contribution in [0.1, 0.15) is 23.9 Å². The first-order valence-corrected chi connectivity index (χ1v) is 4.89. The Bertz CT molecular complexity index is 279. The van der Waals surface area contributed by atoms with Crippen LogP contribution in [0.4, 0.5) is 0 Å². The number of hydrogen-bond donors (Lipinski definition) is 2. The highest BCUT2D eigenvalue weighted by molar-refractivity contribution is 6.17. The Kier molecular flexibility index (Phi) is 4.25. The highest BCUT2D eigenvalue weighted by atomic mass is 35.5. The van der Waals surface area contributed by atoms with Crippen molar-refractivity contribution in [3.8, 4) is 0 Å². The van der Waals surface area contributed by atoms with E-state index in [4.69, 9.17) is 11.6 Å². The summed E-state index contributed by atoms with van der Waals surface area (Å²) >= 11 is 5.45. The van der Waals surface area contributed by atoms with Crippen LogP contribution >= 0.6 is 11.6 Å². The van der Waals surface area contributed by atoms with Crippen LogP contribution in [-0.4, -0.2) is 32.2 Å². The van der Waals surface area contributed by atoms with Crippen molar-refractivity contribution in [1.82, 2.24) is 9.97 Å². The zero-order valence-corrected chi connectivity index (χ0v) is 8.65. The van der Waals surface area contributed by atoms with Crippen LogP contribution < -0.4 is 0 Å². The average molecular weight is 217 g/mol. The summed E-state index contributed by atoms with van der Waals surface area (Å²) in [5.74, 6) is 0.943. The SMILES string of the molecule is Cc1ncc(C(O)C(O)CCCl)cn1. The van der Waals surface area contributed by atoms with Crippen LogP contribution in [0.15, 0.2) is 12.4 Å². The van der Waals surface area contributed by atoms with Gasteiger partial charge in [-0.1, -0.05) is 0 Å². The number of aryl methyl sites for hydroxylation is 1. The lowest BCUT2D eigenvalue weighted by molar-refractivity contribution is 0.0165. The molecule has 14 heavy (non-hydrogen) atoms. The van der Waals surface area contributed by atoms with Gasteiger partial charge in [0.05, 0.1) is 6.10 Å². The minimum absolute atomic E-state index is 0.310. The summed E-state index contributed by atoms with van der Waals surface area (Å²) in [5.41, 5.74) is 0.508. The molecule has 0 radical (unpaired) electrons. The smallest absolute Gasteiger partial charge is 0.125 e. The van der Waals surface area contributed by atoms with Crippen molar-refractivity contribution in [3.05, 3.63) is 23.8 Å². The molecular formula is C9H13ClN2O2. The van der Waals surface area contributed by atoms with Gasteiger partial charge in [0.25, 0.3) is 0 Å². The van der Waals surface area contributed by atoms with Crippen molar-refractivity contribution >= 4 is 11.6 Å². The molecule has 0 fully saturated rings. The topological polar surface area (TPSA) is 66.2 Å². The number of aromatic nitrogens is 2. The average Bonchev–Trinajstić information content (AvgIpc) is 2.18. The number of rotatable bonds is 4. The molecule has 5 heteroatoms. The first-order valence-electron chi connectivity index (χ1n) is 4.35. The zero-order chi connectivity index (χ0) is 10.6. The summed E-state index contributed by atoms with van der Waals surface area (Å²) in [6.07, 6.45) is 1.53. The lowest BCUT2D eigenvalue weighted by Crippen LogP contribution is -2.19. The predicted octanol–water partition coefficient (Wildman–Crippen LogP) is 0.808. The van der Waals surface area contributed by atoms with Crippen molar-refractivity contribution in [2.45, 2.75) is 25.6 Å². The Morgan fingerprint density at radius 3 is 2.43 bits per heavy atom. The van der Waals surface area contributed by atoms with Crippen molar-refractivity contribution in [2.24, 2.45) is 0 Å². The third-order valence-electron chi connectivity index (χ3n) is 1.91. The van der Waals surface area contributed by atoms with E-state index in [1.807, 2.05) is 0 Å². The molecule has 2 atom stereocenters. The molecule has 2 N–H and O–H groups in total. The van der Waals surface area contributed by atoms with E-state index >= 15 is 0 Å². The molecule has 1 aromatic heterocycles. The van der Waals surface area contributed by atoms with Gasteiger partial charge in [-0.15, -0.1) is 11.6 Å². The second-order valence-corrected chi connectivity index (χ2v) is 3.43. The molecule has 0 saturated carbocycles. The number of aliphatic hydroxyl groups is 2. The van der Waals surface area contributed by atoms with E-state index in [1.165, 1.54) is 12.4 Å². The molecule has 0 aromatic carbocycles. The maximum atomic E-state index is 9.62. The molecule has 1 aromatic rings. The van der Waals surface area contributed by atoms with E-state index in [9.17, 15) is 10.2 Å². The largest absolute Gasteiger partial charge is 0.390 e. The Morgan fingerprint density at radius 1 is 1.36 bits per heavy atom. The van der Waals surface area contributed by atoms with Gasteiger partial charge in [0, 0.05) is 23.8 Å². The van der Waals surface area contributed by atoms with E-state index < -0.39 is 12.2 Å². The van der Waals surface area contributed by atoms with E-state index in [0.29, 0.717) is 23.7 Å². The third-order valence-corrected chi connectivity index (χ3v) is 2.13. The van der Waals surface area contributed by atoms with Gasteiger partial charge in [0.2, 0.25) is 0 Å². The summed E-state index contributed by atoms with van der Waals surface area (Å²) in [6.45, 7) is 1.76. The fraction of sp³-hybridized carbons (Fsp3) is 0.556. The third kappa shape index (κ3) is 2.90. The van der Waals surface area contributed by atoms with E-state index in [0.717, 1.165) is 0 Å². The summed E-state index contributed by atoms with van der Waals surface area (Å²) in [5, 5.41) is 19.1. The van der Waals surface area contributed by atoms with E-state index in [1.54, 1.807) is 6.92 Å². The summed E-state index contributed by atoms with van der Waals surface area (Å²) in [7, 11) is 0. The monoisotopic (exact) mass is 216 g/mol. The normalized spacial score (nSPS) is 15.1. The van der Waals surface area contributed by atoms with Gasteiger partial charge < -0.3 is 10.2 Å². The Labute approximate surface area is 87.6 Å². The molecule has 0 saturated heterocycles. The quantitative estimate of drug-likeness (QED) is 0.731. The lowest BCUT2D eigenvalue weighted by atomic mass is 10.1. The minimum Gasteiger partial charge on any atom is -0.390 e. The molecule has 0 spiro atoms. The molecule has 0 bridgehead atoms. The lowest BCUT2D eigenvalue weighted by Gasteiger charge is -2.16. The van der Waals surface area contributed by atoms with Gasteiger partial charge in [-0.25, -0.2) is 9.97 Å². The highest BCUT2D eigenvalue weighted by Gasteiger charge is 2.18. The molecule has 78 valence electrons. The first-order chi connectivity index (χ1) is 6.65. The Hall–Kier alpha value is -0.710. The van der Waals surface area contributed by atoms with Crippen LogP contribution in [0.2, 0.25) is 0 Å². The van der Waals surface area contributed by atoms with Gasteiger partial charge in [-0.2, -0.15) is 0 Å². The number of alkyl halides is 1. The first kappa shape index (κ1) is 11.4. The Morgan fingerprint density at radius 2 is 1.93 bits per heavy atom. The van der Waals surface area contributed by atoms with Crippen molar-refractivity contribution in [3.63, 3.8) is 0 Å². The van der Waals surface area contributed by atoms with Crippen molar-refractivity contribution < 1.29 is 10.2 Å². The summed E-state index contributed by atoms with van der Waals surface area (Å²) < 4.78 is 0. The molecule has 0 aliphatic heterocycles. The van der Waals surface area contributed by atoms with Gasteiger partial charge in [-0.05, 0) is 13.3 Å². The number of halogens is 1. The second kappa shape index (κ2) is 5.24. The standard InChI is InChI=1S/C9H13ClN2O2/c1-6-11-4-7(5-12-6)9(14)8(13)2-3-10/h4-5,8-9,13-14H,2-3H2,1H3. The molecule has 4 nitrogen and oxygen atoms in total. The molecule has 2 unspecified atom stereocenters. The van der Waals surface area contributed by atoms with Crippen LogP contribution in [0, 0.1) is 6.92 Å². The van der Waals surface area contributed by atoms with Crippen LogP contribution in [-0.2, 0) is 0 Å².